The van der Waals surface area contributed by atoms with Gasteiger partial charge in [0.05, 0.1) is 21.7 Å². The molecule has 0 aliphatic heterocycles. The second-order valence-corrected chi connectivity index (χ2v) is 7.68. The molecule has 1 amide bonds. The van der Waals surface area contributed by atoms with Crippen LogP contribution in [0.25, 0.3) is 0 Å². The summed E-state index contributed by atoms with van der Waals surface area (Å²) in [5.74, 6) is 0.479. The van der Waals surface area contributed by atoms with Crippen LogP contribution in [0, 0.1) is 17.0 Å². The molecule has 0 fully saturated rings. The van der Waals surface area contributed by atoms with Crippen molar-refractivity contribution in [3.8, 4) is 5.75 Å². The molecule has 0 spiro atoms. The molecule has 1 heterocycles. The van der Waals surface area contributed by atoms with Crippen molar-refractivity contribution >= 4 is 22.9 Å². The fraction of sp³-hybridized carbons (Fsp3) is 0.238. The molecule has 0 saturated carbocycles. The number of hydrogen-bond donors (Lipinski definition) is 0. The van der Waals surface area contributed by atoms with Crippen LogP contribution in [-0.4, -0.2) is 27.8 Å². The summed E-state index contributed by atoms with van der Waals surface area (Å²) < 4.78 is 5.71. The fourth-order valence-electron chi connectivity index (χ4n) is 2.83. The lowest BCUT2D eigenvalue weighted by Gasteiger charge is -2.25. The average molecular weight is 411 g/mol. The Balaban J connectivity index is 1.65. The molecule has 8 heteroatoms. The van der Waals surface area contributed by atoms with Crippen molar-refractivity contribution in [1.82, 2.24) is 9.88 Å². The Morgan fingerprint density at radius 1 is 1.28 bits per heavy atom. The molecule has 0 aliphatic rings. The largest absolute Gasteiger partial charge is 0.487 e. The first-order valence-electron chi connectivity index (χ1n) is 9.00. The summed E-state index contributed by atoms with van der Waals surface area (Å²) in [6, 6.07) is 12.9. The van der Waals surface area contributed by atoms with E-state index in [2.05, 4.69) is 4.98 Å². The summed E-state index contributed by atoms with van der Waals surface area (Å²) in [6.07, 6.45) is 0. The number of nitro benzene ring substituents is 1. The van der Waals surface area contributed by atoms with Gasteiger partial charge in [-0.25, -0.2) is 4.98 Å². The molecule has 3 aromatic rings. The van der Waals surface area contributed by atoms with E-state index in [4.69, 9.17) is 4.74 Å². The molecule has 0 radical (unpaired) electrons. The maximum Gasteiger partial charge on any atom is 0.269 e. The van der Waals surface area contributed by atoms with E-state index in [1.54, 1.807) is 59.7 Å². The third kappa shape index (κ3) is 4.97. The Labute approximate surface area is 172 Å². The molecular weight excluding hydrogens is 390 g/mol. The van der Waals surface area contributed by atoms with Gasteiger partial charge in [-0.15, -0.1) is 11.3 Å². The van der Waals surface area contributed by atoms with Gasteiger partial charge in [0, 0.05) is 30.1 Å². The van der Waals surface area contributed by atoms with E-state index in [-0.39, 0.29) is 17.6 Å². The molecule has 0 bridgehead atoms. The lowest BCUT2D eigenvalue weighted by atomic mass is 10.1. The highest BCUT2D eigenvalue weighted by Gasteiger charge is 2.20. The van der Waals surface area contributed by atoms with Crippen molar-refractivity contribution in [2.24, 2.45) is 0 Å². The van der Waals surface area contributed by atoms with Crippen LogP contribution in [0.2, 0.25) is 0 Å². The first-order valence-corrected chi connectivity index (χ1v) is 9.88. The lowest BCUT2D eigenvalue weighted by molar-refractivity contribution is -0.384. The molecule has 2 aromatic carbocycles. The number of carbonyl (C=O) groups is 1. The number of hydrogen-bond acceptors (Lipinski definition) is 6. The van der Waals surface area contributed by atoms with Crippen LogP contribution in [0.3, 0.4) is 0 Å². The van der Waals surface area contributed by atoms with Gasteiger partial charge in [0.1, 0.15) is 12.4 Å². The van der Waals surface area contributed by atoms with Crippen LogP contribution in [0.5, 0.6) is 5.75 Å². The monoisotopic (exact) mass is 411 g/mol. The average Bonchev–Trinajstić information content (AvgIpc) is 3.16. The molecule has 1 atom stereocenters. The SMILES string of the molecule is Cc1nc(COc2ccc(C(=O)N(C)C(C)c3cccc([N+](=O)[O-])c3)cc2)cs1. The second-order valence-electron chi connectivity index (χ2n) is 6.62. The van der Waals surface area contributed by atoms with Crippen LogP contribution in [-0.2, 0) is 6.61 Å². The van der Waals surface area contributed by atoms with Crippen LogP contribution in [0.15, 0.2) is 53.9 Å². The minimum Gasteiger partial charge on any atom is -0.487 e. The number of nitrogens with zero attached hydrogens (tertiary/aromatic N) is 3. The summed E-state index contributed by atoms with van der Waals surface area (Å²) in [4.78, 5) is 29.3. The Kier molecular flexibility index (Phi) is 6.23. The molecule has 7 nitrogen and oxygen atoms in total. The van der Waals surface area contributed by atoms with Crippen LogP contribution in [0.4, 0.5) is 5.69 Å². The van der Waals surface area contributed by atoms with Gasteiger partial charge in [-0.2, -0.15) is 0 Å². The Hall–Kier alpha value is -3.26. The van der Waals surface area contributed by atoms with E-state index in [0.717, 1.165) is 10.7 Å². The van der Waals surface area contributed by atoms with E-state index in [9.17, 15) is 14.9 Å². The summed E-state index contributed by atoms with van der Waals surface area (Å²) >= 11 is 1.57. The smallest absolute Gasteiger partial charge is 0.269 e. The molecule has 150 valence electrons. The normalized spacial score (nSPS) is 11.7. The minimum atomic E-state index is -0.441. The zero-order valence-electron chi connectivity index (χ0n) is 16.4. The third-order valence-corrected chi connectivity index (χ3v) is 5.44. The summed E-state index contributed by atoms with van der Waals surface area (Å²) in [5, 5.41) is 13.9. The summed E-state index contributed by atoms with van der Waals surface area (Å²) in [5.41, 5.74) is 2.10. The van der Waals surface area contributed by atoms with E-state index < -0.39 is 4.92 Å². The fourth-order valence-corrected chi connectivity index (χ4v) is 3.42. The Morgan fingerprint density at radius 2 is 2.00 bits per heavy atom. The predicted octanol–water partition coefficient (Wildman–Crippen LogP) is 4.77. The number of ether oxygens (including phenoxy) is 1. The molecule has 3 rings (SSSR count). The highest BCUT2D eigenvalue weighted by atomic mass is 32.1. The third-order valence-electron chi connectivity index (χ3n) is 4.62. The molecule has 0 saturated heterocycles. The van der Waals surface area contributed by atoms with Crippen molar-refractivity contribution in [2.45, 2.75) is 26.5 Å². The Bertz CT molecular complexity index is 1020. The van der Waals surface area contributed by atoms with E-state index in [1.165, 1.54) is 12.1 Å². The van der Waals surface area contributed by atoms with Crippen LogP contribution in [0.1, 0.15) is 39.6 Å². The van der Waals surface area contributed by atoms with Crippen molar-refractivity contribution < 1.29 is 14.5 Å². The number of aromatic nitrogens is 1. The molecule has 1 aromatic heterocycles. The number of thiazole rings is 1. The number of amides is 1. The van der Waals surface area contributed by atoms with Gasteiger partial charge in [0.25, 0.3) is 11.6 Å². The van der Waals surface area contributed by atoms with Gasteiger partial charge < -0.3 is 9.64 Å². The van der Waals surface area contributed by atoms with Crippen molar-refractivity contribution in [3.05, 3.63) is 85.9 Å². The van der Waals surface area contributed by atoms with E-state index in [0.29, 0.717) is 23.5 Å². The van der Waals surface area contributed by atoms with E-state index in [1.807, 2.05) is 19.2 Å². The van der Waals surface area contributed by atoms with Gasteiger partial charge in [-0.3, -0.25) is 14.9 Å². The highest BCUT2D eigenvalue weighted by Crippen LogP contribution is 2.25. The predicted molar refractivity (Wildman–Crippen MR) is 111 cm³/mol. The van der Waals surface area contributed by atoms with Crippen molar-refractivity contribution in [3.63, 3.8) is 0 Å². The maximum absolute atomic E-state index is 12.8. The lowest BCUT2D eigenvalue weighted by Crippen LogP contribution is -2.29. The van der Waals surface area contributed by atoms with Gasteiger partial charge in [-0.05, 0) is 43.7 Å². The van der Waals surface area contributed by atoms with Crippen molar-refractivity contribution in [1.29, 1.82) is 0 Å². The number of rotatable bonds is 7. The molecule has 0 aliphatic carbocycles. The van der Waals surface area contributed by atoms with Gasteiger partial charge in [0.2, 0.25) is 0 Å². The molecular formula is C21H21N3O4S. The second kappa shape index (κ2) is 8.83. The Morgan fingerprint density at radius 3 is 2.62 bits per heavy atom. The maximum atomic E-state index is 12.8. The van der Waals surface area contributed by atoms with Gasteiger partial charge in [-0.1, -0.05) is 12.1 Å². The topological polar surface area (TPSA) is 85.6 Å². The summed E-state index contributed by atoms with van der Waals surface area (Å²) in [6.45, 7) is 4.16. The van der Waals surface area contributed by atoms with Crippen molar-refractivity contribution in [2.75, 3.05) is 7.05 Å². The number of nitro groups is 1. The standard InChI is InChI=1S/C21H21N3O4S/c1-14(17-5-4-6-19(11-17)24(26)27)23(3)21(25)16-7-9-20(10-8-16)28-12-18-13-29-15(2)22-18/h4-11,13-14H,12H2,1-3H3. The zero-order chi connectivity index (χ0) is 21.0. The highest BCUT2D eigenvalue weighted by molar-refractivity contribution is 7.09. The first kappa shape index (κ1) is 20.5. The summed E-state index contributed by atoms with van der Waals surface area (Å²) in [7, 11) is 1.68. The number of non-ortho nitro benzene ring substituents is 1. The van der Waals surface area contributed by atoms with Gasteiger partial charge in [0.15, 0.2) is 0 Å². The molecule has 1 unspecified atom stereocenters. The number of benzene rings is 2. The number of carbonyl (C=O) groups excluding carboxylic acids is 1. The number of aryl methyl sites for hydroxylation is 1. The van der Waals surface area contributed by atoms with Gasteiger partial charge >= 0.3 is 0 Å². The first-order chi connectivity index (χ1) is 13.8. The van der Waals surface area contributed by atoms with Crippen LogP contribution < -0.4 is 4.74 Å². The minimum absolute atomic E-state index is 0.00649. The molecule has 29 heavy (non-hydrogen) atoms. The van der Waals surface area contributed by atoms with E-state index >= 15 is 0 Å². The zero-order valence-corrected chi connectivity index (χ0v) is 17.2. The molecule has 0 N–H and O–H groups in total. The quantitative estimate of drug-likeness (QED) is 0.413. The van der Waals surface area contributed by atoms with Crippen LogP contribution >= 0.6 is 11.3 Å².